The van der Waals surface area contributed by atoms with Crippen LogP contribution in [-0.4, -0.2) is 64.8 Å². The summed E-state index contributed by atoms with van der Waals surface area (Å²) in [6.07, 6.45) is 1.99. The van der Waals surface area contributed by atoms with Crippen LogP contribution < -0.4 is 0 Å². The van der Waals surface area contributed by atoms with Crippen molar-refractivity contribution in [3.63, 3.8) is 0 Å². The lowest BCUT2D eigenvalue weighted by molar-refractivity contribution is 0.0102. The molecule has 0 saturated carbocycles. The second-order valence-electron chi connectivity index (χ2n) is 11.9. The molecule has 1 aliphatic rings. The number of aliphatic hydroxyl groups excluding tert-OH is 1. The summed E-state index contributed by atoms with van der Waals surface area (Å²) in [5.41, 5.74) is 1.92. The molecule has 9 heteroatoms. The van der Waals surface area contributed by atoms with Gasteiger partial charge in [-0.25, -0.2) is 8.78 Å². The number of aryl methyl sites for hydroxylation is 1. The second-order valence-corrected chi connectivity index (χ2v) is 12.8. The van der Waals surface area contributed by atoms with E-state index in [1.54, 1.807) is 34.1 Å². The second kappa shape index (κ2) is 15.5. The van der Waals surface area contributed by atoms with Gasteiger partial charge in [0, 0.05) is 55.7 Å². The number of thiophene rings is 1. The van der Waals surface area contributed by atoms with Crippen molar-refractivity contribution < 1.29 is 28.3 Å². The highest BCUT2D eigenvalue weighted by molar-refractivity contribution is 7.12. The zero-order valence-corrected chi connectivity index (χ0v) is 26.5. The summed E-state index contributed by atoms with van der Waals surface area (Å²) in [6, 6.07) is 12.0. The molecule has 0 radical (unpaired) electrons. The zero-order chi connectivity index (χ0) is 31.8. The number of Topliss-reactive ketones (excluding diaryl/α,β-unsaturated/α-hetero) is 1. The first kappa shape index (κ1) is 33.5. The number of nitrogens with zero attached hydrogens (tertiary/aromatic N) is 2. The van der Waals surface area contributed by atoms with Crippen molar-refractivity contribution >= 4 is 28.9 Å². The Balaban J connectivity index is 1.59. The smallest absolute Gasteiger partial charge is 0.263 e. The van der Waals surface area contributed by atoms with Gasteiger partial charge in [-0.3, -0.25) is 14.4 Å². The molecule has 6 nitrogen and oxygen atoms in total. The Morgan fingerprint density at radius 3 is 2.34 bits per heavy atom. The van der Waals surface area contributed by atoms with Crippen LogP contribution in [0.1, 0.15) is 87.5 Å². The van der Waals surface area contributed by atoms with Gasteiger partial charge in [-0.15, -0.1) is 11.3 Å². The zero-order valence-electron chi connectivity index (χ0n) is 25.7. The van der Waals surface area contributed by atoms with Crippen LogP contribution in [0.15, 0.2) is 53.9 Å². The fourth-order valence-electron chi connectivity index (χ4n) is 6.22. The molecule has 0 spiro atoms. The summed E-state index contributed by atoms with van der Waals surface area (Å²) in [5, 5.41) is 13.6. The van der Waals surface area contributed by atoms with Gasteiger partial charge in [-0.05, 0) is 97.9 Å². The average molecular weight is 625 g/mol. The third-order valence-corrected chi connectivity index (χ3v) is 9.09. The summed E-state index contributed by atoms with van der Waals surface area (Å²) in [4.78, 5) is 44.4. The SMILES string of the molecule is CCCN(CCC)C(=O)c1cc(C)cc(C(=O)C[C@@H](Cc2cc(F)cc(F)c2)[C@H](O)[C@@H]2CCCN(C(=O)c3cccs3)C2)c1. The van der Waals surface area contributed by atoms with Crippen molar-refractivity contribution in [3.05, 3.63) is 92.7 Å². The van der Waals surface area contributed by atoms with Gasteiger partial charge in [0.1, 0.15) is 11.6 Å². The topological polar surface area (TPSA) is 77.9 Å². The molecule has 1 fully saturated rings. The van der Waals surface area contributed by atoms with Crippen molar-refractivity contribution in [1.29, 1.82) is 0 Å². The van der Waals surface area contributed by atoms with Crippen LogP contribution in [0.4, 0.5) is 8.78 Å². The monoisotopic (exact) mass is 624 g/mol. The van der Waals surface area contributed by atoms with Gasteiger partial charge >= 0.3 is 0 Å². The molecule has 2 amide bonds. The molecule has 2 heterocycles. The van der Waals surface area contributed by atoms with E-state index in [-0.39, 0.29) is 36.4 Å². The number of carbonyl (C=O) groups is 3. The molecule has 0 aliphatic carbocycles. The molecule has 1 aliphatic heterocycles. The lowest BCUT2D eigenvalue weighted by Crippen LogP contribution is -2.45. The van der Waals surface area contributed by atoms with Crippen LogP contribution in [0.25, 0.3) is 0 Å². The number of amides is 2. The Bertz CT molecular complexity index is 1420. The van der Waals surface area contributed by atoms with E-state index in [0.29, 0.717) is 60.6 Å². The van der Waals surface area contributed by atoms with Gasteiger partial charge in [0.25, 0.3) is 11.8 Å². The number of piperidine rings is 1. The molecule has 0 unspecified atom stereocenters. The summed E-state index contributed by atoms with van der Waals surface area (Å²) >= 11 is 1.37. The highest BCUT2D eigenvalue weighted by Crippen LogP contribution is 2.31. The van der Waals surface area contributed by atoms with E-state index < -0.39 is 23.7 Å². The highest BCUT2D eigenvalue weighted by Gasteiger charge is 2.35. The molecule has 0 bridgehead atoms. The van der Waals surface area contributed by atoms with Gasteiger partial charge in [-0.2, -0.15) is 0 Å². The molecule has 236 valence electrons. The number of hydrogen-bond acceptors (Lipinski definition) is 5. The van der Waals surface area contributed by atoms with E-state index in [2.05, 4.69) is 0 Å². The molecule has 4 rings (SSSR count). The van der Waals surface area contributed by atoms with Crippen LogP contribution in [0.2, 0.25) is 0 Å². The molecule has 1 aromatic heterocycles. The standard InChI is InChI=1S/C35H42F2N2O4S/c1-4-10-38(11-5-2)34(42)28-15-23(3)14-26(19-28)31(40)20-27(16-24-17-29(36)21-30(37)18-24)33(41)25-8-6-12-39(22-25)35(43)32-9-7-13-44-32/h7,9,13-15,17-19,21,25,27,33,41H,4-6,8,10-12,16,20,22H2,1-3H3/t25-,27-,33-/m1/s1. The number of benzene rings is 2. The molecule has 1 N–H and O–H groups in total. The van der Waals surface area contributed by atoms with Crippen LogP contribution in [-0.2, 0) is 6.42 Å². The minimum atomic E-state index is -1.00. The molecule has 1 saturated heterocycles. The molecule has 3 atom stereocenters. The van der Waals surface area contributed by atoms with E-state index in [1.807, 2.05) is 32.2 Å². The summed E-state index contributed by atoms with van der Waals surface area (Å²) in [7, 11) is 0. The van der Waals surface area contributed by atoms with Crippen LogP contribution >= 0.6 is 11.3 Å². The van der Waals surface area contributed by atoms with E-state index in [1.165, 1.54) is 23.5 Å². The lowest BCUT2D eigenvalue weighted by atomic mass is 9.79. The van der Waals surface area contributed by atoms with Crippen molar-refractivity contribution in [2.75, 3.05) is 26.2 Å². The first-order valence-electron chi connectivity index (χ1n) is 15.5. The normalized spacial score (nSPS) is 16.4. The van der Waals surface area contributed by atoms with Gasteiger partial charge in [0.2, 0.25) is 0 Å². The van der Waals surface area contributed by atoms with Crippen molar-refractivity contribution in [2.45, 2.75) is 65.4 Å². The Kier molecular flexibility index (Phi) is 11.8. The molecular formula is C35H42F2N2O4S. The minimum absolute atomic E-state index is 0.0787. The maximum absolute atomic E-state index is 14.1. The number of likely N-dealkylation sites (tertiary alicyclic amines) is 1. The third-order valence-electron chi connectivity index (χ3n) is 8.23. The van der Waals surface area contributed by atoms with Gasteiger partial charge in [0.05, 0.1) is 11.0 Å². The average Bonchev–Trinajstić information content (AvgIpc) is 3.54. The van der Waals surface area contributed by atoms with Crippen LogP contribution in [0.3, 0.4) is 0 Å². The maximum Gasteiger partial charge on any atom is 0.263 e. The minimum Gasteiger partial charge on any atom is -0.392 e. The van der Waals surface area contributed by atoms with E-state index in [4.69, 9.17) is 0 Å². The van der Waals surface area contributed by atoms with Gasteiger partial charge in [0.15, 0.2) is 5.78 Å². The predicted molar refractivity (Wildman–Crippen MR) is 169 cm³/mol. The Hall–Kier alpha value is -3.43. The number of carbonyl (C=O) groups excluding carboxylic acids is 3. The summed E-state index contributed by atoms with van der Waals surface area (Å²) in [6.45, 7) is 8.01. The largest absolute Gasteiger partial charge is 0.392 e. The van der Waals surface area contributed by atoms with Crippen LogP contribution in [0, 0.1) is 30.4 Å². The van der Waals surface area contributed by atoms with E-state index in [9.17, 15) is 28.3 Å². The van der Waals surface area contributed by atoms with Gasteiger partial charge < -0.3 is 14.9 Å². The molecule has 2 aromatic carbocycles. The predicted octanol–water partition coefficient (Wildman–Crippen LogP) is 6.94. The Morgan fingerprint density at radius 2 is 1.70 bits per heavy atom. The van der Waals surface area contributed by atoms with Crippen LogP contribution in [0.5, 0.6) is 0 Å². The first-order chi connectivity index (χ1) is 21.1. The third kappa shape index (κ3) is 8.60. The van der Waals surface area contributed by atoms with Crippen molar-refractivity contribution in [3.8, 4) is 0 Å². The number of halogens is 2. The Morgan fingerprint density at radius 1 is 1.02 bits per heavy atom. The fraction of sp³-hybridized carbons (Fsp3) is 0.457. The lowest BCUT2D eigenvalue weighted by Gasteiger charge is -2.37. The molecular weight excluding hydrogens is 582 g/mol. The molecule has 3 aromatic rings. The van der Waals surface area contributed by atoms with Gasteiger partial charge in [-0.1, -0.05) is 19.9 Å². The molecule has 44 heavy (non-hydrogen) atoms. The number of hydrogen-bond donors (Lipinski definition) is 1. The van der Waals surface area contributed by atoms with Crippen molar-refractivity contribution in [1.82, 2.24) is 9.80 Å². The number of ketones is 1. The van der Waals surface area contributed by atoms with E-state index >= 15 is 0 Å². The number of aliphatic hydroxyl groups is 1. The number of rotatable bonds is 13. The highest BCUT2D eigenvalue weighted by atomic mass is 32.1. The fourth-order valence-corrected chi connectivity index (χ4v) is 6.91. The summed E-state index contributed by atoms with van der Waals surface area (Å²) < 4.78 is 28.3. The maximum atomic E-state index is 14.1. The summed E-state index contributed by atoms with van der Waals surface area (Å²) in [5.74, 6) is -2.91. The Labute approximate surface area is 262 Å². The van der Waals surface area contributed by atoms with E-state index in [0.717, 1.165) is 24.5 Å². The quantitative estimate of drug-likeness (QED) is 0.209. The van der Waals surface area contributed by atoms with Crippen molar-refractivity contribution in [2.24, 2.45) is 11.8 Å². The first-order valence-corrected chi connectivity index (χ1v) is 16.4.